The fraction of sp³-hybridized carbons (Fsp3) is 0.200. The standard InChI is InChI=1S/C10H10BrN5O2S/c11-6-1-2-7(13-4-6)14-8(17)5-19-10-16-15-9(3-12)18-10/h1-2,4H,3,5,12H2,(H,13,14,17). The summed E-state index contributed by atoms with van der Waals surface area (Å²) in [6.45, 7) is 0.183. The van der Waals surface area contributed by atoms with Crippen molar-refractivity contribution >= 4 is 39.4 Å². The average molecular weight is 344 g/mol. The molecule has 0 bridgehead atoms. The number of nitrogens with zero attached hydrogens (tertiary/aromatic N) is 3. The number of nitrogens with two attached hydrogens (primary N) is 1. The normalized spacial score (nSPS) is 10.4. The summed E-state index contributed by atoms with van der Waals surface area (Å²) in [5, 5.41) is 10.4. The second kappa shape index (κ2) is 6.64. The zero-order valence-electron chi connectivity index (χ0n) is 9.67. The molecular weight excluding hydrogens is 334 g/mol. The van der Waals surface area contributed by atoms with Gasteiger partial charge in [-0.2, -0.15) is 0 Å². The molecule has 3 N–H and O–H groups in total. The van der Waals surface area contributed by atoms with Crippen molar-refractivity contribution in [2.24, 2.45) is 5.73 Å². The third-order valence-corrected chi connectivity index (χ3v) is 3.23. The molecule has 0 unspecified atom stereocenters. The van der Waals surface area contributed by atoms with Crippen LogP contribution >= 0.6 is 27.7 Å². The summed E-state index contributed by atoms with van der Waals surface area (Å²) in [7, 11) is 0. The van der Waals surface area contributed by atoms with Crippen molar-refractivity contribution in [3.05, 3.63) is 28.7 Å². The maximum atomic E-state index is 11.6. The molecule has 2 aromatic rings. The lowest BCUT2D eigenvalue weighted by Gasteiger charge is -2.02. The largest absolute Gasteiger partial charge is 0.415 e. The highest BCUT2D eigenvalue weighted by atomic mass is 79.9. The number of aromatic nitrogens is 3. The van der Waals surface area contributed by atoms with Crippen LogP contribution in [-0.4, -0.2) is 26.8 Å². The lowest BCUT2D eigenvalue weighted by Crippen LogP contribution is -2.14. The van der Waals surface area contributed by atoms with Crippen LogP contribution in [0.4, 0.5) is 5.82 Å². The molecule has 100 valence electrons. The first-order valence-corrected chi connectivity index (χ1v) is 7.02. The predicted molar refractivity (Wildman–Crippen MR) is 73.5 cm³/mol. The number of hydrogen-bond acceptors (Lipinski definition) is 7. The molecule has 0 fully saturated rings. The summed E-state index contributed by atoms with van der Waals surface area (Å²) >= 11 is 4.41. The van der Waals surface area contributed by atoms with Crippen molar-refractivity contribution in [1.82, 2.24) is 15.2 Å². The minimum atomic E-state index is -0.202. The first-order valence-electron chi connectivity index (χ1n) is 5.24. The van der Waals surface area contributed by atoms with Gasteiger partial charge in [-0.25, -0.2) is 4.98 Å². The minimum Gasteiger partial charge on any atom is -0.415 e. The molecular formula is C10H10BrN5O2S. The van der Waals surface area contributed by atoms with Crippen LogP contribution in [0.25, 0.3) is 0 Å². The summed E-state index contributed by atoms with van der Waals surface area (Å²) in [6, 6.07) is 3.49. The van der Waals surface area contributed by atoms with E-state index in [0.717, 1.165) is 16.2 Å². The van der Waals surface area contributed by atoms with Gasteiger partial charge in [0.25, 0.3) is 5.22 Å². The first kappa shape index (κ1) is 14.0. The molecule has 0 aliphatic rings. The number of carbonyl (C=O) groups excluding carboxylic acids is 1. The fourth-order valence-corrected chi connectivity index (χ4v) is 1.95. The van der Waals surface area contributed by atoms with E-state index in [1.54, 1.807) is 18.3 Å². The van der Waals surface area contributed by atoms with Crippen molar-refractivity contribution in [2.45, 2.75) is 11.8 Å². The molecule has 0 aliphatic carbocycles. The van der Waals surface area contributed by atoms with Gasteiger partial charge in [-0.1, -0.05) is 11.8 Å². The maximum Gasteiger partial charge on any atom is 0.277 e. The fourth-order valence-electron chi connectivity index (χ4n) is 1.13. The molecule has 7 nitrogen and oxygen atoms in total. The highest BCUT2D eigenvalue weighted by Crippen LogP contribution is 2.16. The van der Waals surface area contributed by atoms with E-state index in [1.165, 1.54) is 0 Å². The highest BCUT2D eigenvalue weighted by molar-refractivity contribution is 9.10. The molecule has 0 radical (unpaired) electrons. The number of pyridine rings is 1. The Morgan fingerprint density at radius 2 is 2.32 bits per heavy atom. The molecule has 0 spiro atoms. The Labute approximate surface area is 121 Å². The number of rotatable bonds is 5. The van der Waals surface area contributed by atoms with Gasteiger partial charge in [0.15, 0.2) is 0 Å². The second-order valence-electron chi connectivity index (χ2n) is 3.36. The van der Waals surface area contributed by atoms with Crippen molar-refractivity contribution in [1.29, 1.82) is 0 Å². The van der Waals surface area contributed by atoms with Gasteiger partial charge < -0.3 is 15.5 Å². The van der Waals surface area contributed by atoms with Crippen LogP contribution in [0.3, 0.4) is 0 Å². The Morgan fingerprint density at radius 1 is 1.47 bits per heavy atom. The molecule has 0 aliphatic heterocycles. The van der Waals surface area contributed by atoms with E-state index in [0.29, 0.717) is 16.9 Å². The van der Waals surface area contributed by atoms with Crippen LogP contribution in [0.1, 0.15) is 5.89 Å². The number of thioether (sulfide) groups is 1. The number of anilines is 1. The molecule has 2 rings (SSSR count). The topological polar surface area (TPSA) is 107 Å². The molecule has 0 aromatic carbocycles. The number of amides is 1. The summed E-state index contributed by atoms with van der Waals surface area (Å²) in [6.07, 6.45) is 1.61. The van der Waals surface area contributed by atoms with Gasteiger partial charge in [-0.15, -0.1) is 10.2 Å². The monoisotopic (exact) mass is 343 g/mol. The van der Waals surface area contributed by atoms with E-state index in [2.05, 4.69) is 36.4 Å². The van der Waals surface area contributed by atoms with E-state index < -0.39 is 0 Å². The summed E-state index contributed by atoms with van der Waals surface area (Å²) in [5.41, 5.74) is 5.34. The van der Waals surface area contributed by atoms with E-state index in [-0.39, 0.29) is 18.2 Å². The average Bonchev–Trinajstić information content (AvgIpc) is 2.87. The number of hydrogen-bond donors (Lipinski definition) is 2. The third kappa shape index (κ3) is 4.30. The van der Waals surface area contributed by atoms with E-state index in [4.69, 9.17) is 10.2 Å². The Balaban J connectivity index is 1.82. The van der Waals surface area contributed by atoms with Crippen LogP contribution in [0.5, 0.6) is 0 Å². The van der Waals surface area contributed by atoms with Crippen LogP contribution < -0.4 is 11.1 Å². The third-order valence-electron chi connectivity index (χ3n) is 1.94. The quantitative estimate of drug-likeness (QED) is 0.790. The molecule has 0 atom stereocenters. The molecule has 2 aromatic heterocycles. The molecule has 0 saturated heterocycles. The Bertz CT molecular complexity index is 559. The van der Waals surface area contributed by atoms with Gasteiger partial charge in [0.05, 0.1) is 12.3 Å². The molecule has 0 saturated carbocycles. The number of halogens is 1. The van der Waals surface area contributed by atoms with Gasteiger partial charge in [0, 0.05) is 10.7 Å². The van der Waals surface area contributed by atoms with E-state index >= 15 is 0 Å². The molecule has 2 heterocycles. The van der Waals surface area contributed by atoms with Crippen molar-refractivity contribution in [2.75, 3.05) is 11.1 Å². The van der Waals surface area contributed by atoms with Gasteiger partial charge in [-0.05, 0) is 28.1 Å². The van der Waals surface area contributed by atoms with Crippen molar-refractivity contribution < 1.29 is 9.21 Å². The van der Waals surface area contributed by atoms with Crippen molar-refractivity contribution in [3.63, 3.8) is 0 Å². The summed E-state index contributed by atoms with van der Waals surface area (Å²) < 4.78 is 6.01. The molecule has 9 heteroatoms. The van der Waals surface area contributed by atoms with Crippen LogP contribution in [-0.2, 0) is 11.3 Å². The Kier molecular flexibility index (Phi) is 4.88. The van der Waals surface area contributed by atoms with E-state index in [9.17, 15) is 4.79 Å². The second-order valence-corrected chi connectivity index (χ2v) is 5.21. The summed E-state index contributed by atoms with van der Waals surface area (Å²) in [5.74, 6) is 0.788. The highest BCUT2D eigenvalue weighted by Gasteiger charge is 2.09. The molecule has 19 heavy (non-hydrogen) atoms. The number of nitrogens with one attached hydrogen (secondary N) is 1. The van der Waals surface area contributed by atoms with Gasteiger partial charge >= 0.3 is 0 Å². The van der Waals surface area contributed by atoms with Crippen molar-refractivity contribution in [3.8, 4) is 0 Å². The smallest absolute Gasteiger partial charge is 0.277 e. The lowest BCUT2D eigenvalue weighted by atomic mass is 10.4. The Morgan fingerprint density at radius 3 is 2.95 bits per heavy atom. The predicted octanol–water partition coefficient (Wildman–Crippen LogP) is 1.42. The zero-order chi connectivity index (χ0) is 13.7. The number of carbonyl (C=O) groups is 1. The minimum absolute atomic E-state index is 0.157. The Hall–Kier alpha value is -1.45. The van der Waals surface area contributed by atoms with Gasteiger partial charge in [-0.3, -0.25) is 4.79 Å². The zero-order valence-corrected chi connectivity index (χ0v) is 12.1. The van der Waals surface area contributed by atoms with E-state index in [1.807, 2.05) is 0 Å². The SMILES string of the molecule is NCc1nnc(SCC(=O)Nc2ccc(Br)cn2)o1. The van der Waals surface area contributed by atoms with Crippen LogP contribution in [0.15, 0.2) is 32.4 Å². The van der Waals surface area contributed by atoms with Crippen LogP contribution in [0, 0.1) is 0 Å². The van der Waals surface area contributed by atoms with Gasteiger partial charge in [0.1, 0.15) is 5.82 Å². The molecule has 1 amide bonds. The lowest BCUT2D eigenvalue weighted by molar-refractivity contribution is -0.113. The van der Waals surface area contributed by atoms with Crippen LogP contribution in [0.2, 0.25) is 0 Å². The maximum absolute atomic E-state index is 11.6. The van der Waals surface area contributed by atoms with Gasteiger partial charge in [0.2, 0.25) is 11.8 Å². The first-order chi connectivity index (χ1) is 9.17. The summed E-state index contributed by atoms with van der Waals surface area (Å²) in [4.78, 5) is 15.7.